The van der Waals surface area contributed by atoms with Crippen LogP contribution in [-0.4, -0.2) is 51.2 Å². The summed E-state index contributed by atoms with van der Waals surface area (Å²) < 4.78 is 40.9. The number of halogens is 4. The fourth-order valence-electron chi connectivity index (χ4n) is 0.380. The van der Waals surface area contributed by atoms with Crippen molar-refractivity contribution in [3.63, 3.8) is 0 Å². The number of rotatable bonds is 2. The summed E-state index contributed by atoms with van der Waals surface area (Å²) in [7, 11) is -6.00. The quantitative estimate of drug-likeness (QED) is 0.525. The third-order valence-corrected chi connectivity index (χ3v) is 11.3. The minimum absolute atomic E-state index is 0.829. The summed E-state index contributed by atoms with van der Waals surface area (Å²) in [5.74, 6) is 0. The molecule has 0 amide bonds. The van der Waals surface area contributed by atoms with Gasteiger partial charge in [0.25, 0.3) is 0 Å². The third kappa shape index (κ3) is 13.0. The van der Waals surface area contributed by atoms with Gasteiger partial charge in [-0.05, 0) is 0 Å². The number of hydrogen-bond acceptors (Lipinski definition) is 0. The molecular formula is C5H7BF4Se3. The second kappa shape index (κ2) is 7.27. The molecule has 0 unspecified atom stereocenters. The molecule has 1 aromatic rings. The molecule has 0 nitrogen and oxygen atoms in total. The summed E-state index contributed by atoms with van der Waals surface area (Å²) >= 11 is 2.56. The van der Waals surface area contributed by atoms with Crippen LogP contribution in [-0.2, 0) is 0 Å². The van der Waals surface area contributed by atoms with Gasteiger partial charge in [-0.3, -0.25) is 0 Å². The van der Waals surface area contributed by atoms with E-state index in [-0.39, 0.29) is 0 Å². The van der Waals surface area contributed by atoms with Gasteiger partial charge in [0.2, 0.25) is 0 Å². The van der Waals surface area contributed by atoms with E-state index in [4.69, 9.17) is 0 Å². The van der Waals surface area contributed by atoms with E-state index in [1.54, 1.807) is 0 Å². The minimum atomic E-state index is -6.00. The van der Waals surface area contributed by atoms with E-state index >= 15 is 0 Å². The largest absolute Gasteiger partial charge is 0.673 e. The molecule has 1 heterocycles. The normalized spacial score (nSPS) is 10.5. The van der Waals surface area contributed by atoms with Crippen LogP contribution in [0.1, 0.15) is 6.92 Å². The molecular weight excluding hydrogens is 384 g/mol. The maximum absolute atomic E-state index is 9.75. The molecule has 13 heavy (non-hydrogen) atoms. The molecule has 0 bridgehead atoms. The van der Waals surface area contributed by atoms with Crippen molar-refractivity contribution < 1.29 is 17.3 Å². The van der Waals surface area contributed by atoms with Gasteiger partial charge in [-0.2, -0.15) is 0 Å². The van der Waals surface area contributed by atoms with Gasteiger partial charge < -0.3 is 17.3 Å². The summed E-state index contributed by atoms with van der Waals surface area (Å²) in [5.41, 5.74) is 0. The molecule has 0 N–H and O–H groups in total. The Morgan fingerprint density at radius 2 is 2.00 bits per heavy atom. The Balaban J connectivity index is 0.000000252. The van der Waals surface area contributed by atoms with E-state index in [1.165, 1.54) is 5.32 Å². The Bertz CT molecular complexity index is 204. The van der Waals surface area contributed by atoms with E-state index in [9.17, 15) is 17.3 Å². The molecule has 0 atom stereocenters. The van der Waals surface area contributed by atoms with Crippen molar-refractivity contribution in [1.29, 1.82) is 0 Å². The summed E-state index contributed by atoms with van der Waals surface area (Å²) in [5, 5.41) is 1.41. The summed E-state index contributed by atoms with van der Waals surface area (Å²) in [6, 6.07) is 0. The smallest absolute Gasteiger partial charge is 0.418 e. The van der Waals surface area contributed by atoms with Crippen molar-refractivity contribution in [2.24, 2.45) is 0 Å². The van der Waals surface area contributed by atoms with Gasteiger partial charge in [0, 0.05) is 0 Å². The SMILES string of the molecule is CC[Se]c1[se]cc[se+]1.F[B-](F)(F)F. The van der Waals surface area contributed by atoms with E-state index in [0.717, 1.165) is 44.0 Å². The third-order valence-electron chi connectivity index (χ3n) is 0.646. The van der Waals surface area contributed by atoms with Crippen LogP contribution >= 0.6 is 0 Å². The van der Waals surface area contributed by atoms with Gasteiger partial charge >= 0.3 is 75.6 Å². The molecule has 0 aliphatic carbocycles. The van der Waals surface area contributed by atoms with E-state index in [2.05, 4.69) is 16.8 Å². The van der Waals surface area contributed by atoms with Crippen molar-refractivity contribution >= 4 is 53.4 Å². The van der Waals surface area contributed by atoms with Gasteiger partial charge in [-0.15, -0.1) is 0 Å². The van der Waals surface area contributed by atoms with E-state index < -0.39 is 7.25 Å². The maximum Gasteiger partial charge on any atom is 0.673 e. The molecule has 0 aliphatic heterocycles. The summed E-state index contributed by atoms with van der Waals surface area (Å²) in [4.78, 5) is 4.75. The molecule has 0 aliphatic rings. The second-order valence-corrected chi connectivity index (χ2v) is 12.1. The first-order valence-corrected chi connectivity index (χ1v) is 9.04. The topological polar surface area (TPSA) is 0 Å². The zero-order chi connectivity index (χ0) is 10.3. The monoisotopic (exact) mass is 394 g/mol. The predicted molar refractivity (Wildman–Crippen MR) is 50.8 cm³/mol. The zero-order valence-corrected chi connectivity index (χ0v) is 11.8. The fourth-order valence-corrected chi connectivity index (χ4v) is 10.3. The summed E-state index contributed by atoms with van der Waals surface area (Å²) in [6.07, 6.45) is 0. The molecule has 1 rings (SSSR count). The van der Waals surface area contributed by atoms with Crippen molar-refractivity contribution in [1.82, 2.24) is 0 Å². The van der Waals surface area contributed by atoms with Crippen LogP contribution in [0.15, 0.2) is 9.88 Å². The summed E-state index contributed by atoms with van der Waals surface area (Å²) in [6.45, 7) is 2.29. The second-order valence-electron chi connectivity index (χ2n) is 1.69. The van der Waals surface area contributed by atoms with Crippen LogP contribution in [0.25, 0.3) is 0 Å². The van der Waals surface area contributed by atoms with Crippen LogP contribution in [0.3, 0.4) is 0 Å². The Morgan fingerprint density at radius 3 is 2.31 bits per heavy atom. The van der Waals surface area contributed by atoms with Crippen molar-refractivity contribution in [3.05, 3.63) is 9.88 Å². The van der Waals surface area contributed by atoms with Crippen molar-refractivity contribution in [3.8, 4) is 0 Å². The predicted octanol–water partition coefficient (Wildman–Crippen LogP) is 1.15. The maximum atomic E-state index is 9.75. The van der Waals surface area contributed by atoms with Gasteiger partial charge in [-0.25, -0.2) is 0 Å². The molecule has 0 fully saturated rings. The minimum Gasteiger partial charge on any atom is -0.418 e. The van der Waals surface area contributed by atoms with Crippen molar-refractivity contribution in [2.75, 3.05) is 0 Å². The Kier molecular flexibility index (Phi) is 7.81. The van der Waals surface area contributed by atoms with Crippen LogP contribution in [0.2, 0.25) is 5.32 Å². The van der Waals surface area contributed by atoms with Gasteiger partial charge in [0.05, 0.1) is 0 Å². The fraction of sp³-hybridized carbons (Fsp3) is 0.400. The van der Waals surface area contributed by atoms with Crippen LogP contribution in [0, 0.1) is 0 Å². The average molecular weight is 391 g/mol. The van der Waals surface area contributed by atoms with Gasteiger partial charge in [0.15, 0.2) is 0 Å². The molecule has 0 saturated carbocycles. The first-order chi connectivity index (χ1) is 5.93. The first-order valence-electron chi connectivity index (χ1n) is 3.29. The molecule has 0 saturated heterocycles. The molecule has 0 aromatic carbocycles. The molecule has 1 aromatic heterocycles. The van der Waals surface area contributed by atoms with E-state index in [1.807, 2.05) is 2.21 Å². The Hall–Kier alpha value is 0.953. The van der Waals surface area contributed by atoms with Crippen molar-refractivity contribution in [2.45, 2.75) is 12.2 Å². The van der Waals surface area contributed by atoms with Crippen LogP contribution in [0.5, 0.6) is 0 Å². The molecule has 8 heteroatoms. The Morgan fingerprint density at radius 1 is 1.46 bits per heavy atom. The molecule has 0 spiro atoms. The average Bonchev–Trinajstić information content (AvgIpc) is 2.36. The van der Waals surface area contributed by atoms with Gasteiger partial charge in [0.1, 0.15) is 0 Å². The molecule has 0 radical (unpaired) electrons. The van der Waals surface area contributed by atoms with E-state index in [0.29, 0.717) is 0 Å². The molecule has 76 valence electrons. The Labute approximate surface area is 92.5 Å². The van der Waals surface area contributed by atoms with Crippen LogP contribution < -0.4 is 2.21 Å². The van der Waals surface area contributed by atoms with Crippen LogP contribution in [0.4, 0.5) is 17.3 Å². The zero-order valence-electron chi connectivity index (χ0n) is 6.68. The first kappa shape index (κ1) is 14.0. The number of hydrogen-bond donors (Lipinski definition) is 0. The standard InChI is InChI=1S/C5H7Se3.BF4/c1-2-6-5-7-3-4-8-5;2-1(3,4)5/h3-4H,2H2,1H3;/q+1;-1. The van der Waals surface area contributed by atoms with Gasteiger partial charge in [-0.1, -0.05) is 0 Å².